The van der Waals surface area contributed by atoms with Crippen molar-refractivity contribution >= 4 is 22.4 Å². The van der Waals surface area contributed by atoms with Crippen LogP contribution in [0.2, 0.25) is 0 Å². The number of nitrogens with zero attached hydrogens (tertiary/aromatic N) is 3. The van der Waals surface area contributed by atoms with Crippen molar-refractivity contribution in [1.29, 1.82) is 0 Å². The second-order valence-corrected chi connectivity index (χ2v) is 5.61. The Hall–Kier alpha value is -1.89. The average Bonchev–Trinajstić information content (AvgIpc) is 2.94. The van der Waals surface area contributed by atoms with Crippen LogP contribution in [0.25, 0.3) is 0 Å². The molecule has 1 N–H and O–H groups in total. The SMILES string of the molecule is Cc1nc(NC(=O)c2cnn3c2OCCC3)sc1C. The van der Waals surface area contributed by atoms with E-state index in [0.29, 0.717) is 23.2 Å². The number of thiazole rings is 1. The van der Waals surface area contributed by atoms with E-state index in [-0.39, 0.29) is 5.91 Å². The average molecular weight is 278 g/mol. The van der Waals surface area contributed by atoms with Gasteiger partial charge in [0.1, 0.15) is 5.56 Å². The molecule has 1 amide bonds. The smallest absolute Gasteiger partial charge is 0.264 e. The number of ether oxygens (including phenoxy) is 1. The number of aryl methyl sites for hydroxylation is 3. The van der Waals surface area contributed by atoms with Crippen LogP contribution in [0.15, 0.2) is 6.20 Å². The van der Waals surface area contributed by atoms with E-state index in [0.717, 1.165) is 23.5 Å². The normalized spacial score (nSPS) is 13.8. The van der Waals surface area contributed by atoms with Gasteiger partial charge in [-0.25, -0.2) is 9.67 Å². The third-order valence-electron chi connectivity index (χ3n) is 3.04. The number of fused-ring (bicyclic) bond motifs is 1. The quantitative estimate of drug-likeness (QED) is 0.912. The van der Waals surface area contributed by atoms with E-state index >= 15 is 0 Å². The number of hydrogen-bond donors (Lipinski definition) is 1. The molecule has 0 saturated heterocycles. The molecule has 0 aliphatic carbocycles. The summed E-state index contributed by atoms with van der Waals surface area (Å²) < 4.78 is 7.22. The molecular formula is C12H14N4O2S. The Bertz CT molecular complexity index is 612. The Morgan fingerprint density at radius 3 is 3.11 bits per heavy atom. The van der Waals surface area contributed by atoms with Crippen molar-refractivity contribution in [3.8, 4) is 5.88 Å². The number of carbonyl (C=O) groups excluding carboxylic acids is 1. The van der Waals surface area contributed by atoms with Gasteiger partial charge in [0.2, 0.25) is 5.88 Å². The maximum atomic E-state index is 12.2. The molecule has 6 nitrogen and oxygen atoms in total. The number of aromatic nitrogens is 3. The number of rotatable bonds is 2. The summed E-state index contributed by atoms with van der Waals surface area (Å²) in [6.07, 6.45) is 2.46. The lowest BCUT2D eigenvalue weighted by Gasteiger charge is -2.15. The lowest BCUT2D eigenvalue weighted by molar-refractivity contribution is 0.102. The van der Waals surface area contributed by atoms with Crippen molar-refractivity contribution < 1.29 is 9.53 Å². The highest BCUT2D eigenvalue weighted by Crippen LogP contribution is 2.25. The van der Waals surface area contributed by atoms with Gasteiger partial charge in [-0.1, -0.05) is 0 Å². The summed E-state index contributed by atoms with van der Waals surface area (Å²) in [5.41, 5.74) is 1.40. The molecule has 100 valence electrons. The van der Waals surface area contributed by atoms with Crippen LogP contribution in [0.3, 0.4) is 0 Å². The van der Waals surface area contributed by atoms with Crippen molar-refractivity contribution in [2.75, 3.05) is 11.9 Å². The van der Waals surface area contributed by atoms with Crippen LogP contribution in [0.5, 0.6) is 5.88 Å². The molecule has 1 aliphatic heterocycles. The molecule has 0 bridgehead atoms. The minimum absolute atomic E-state index is 0.225. The molecule has 3 rings (SSSR count). The molecule has 0 atom stereocenters. The van der Waals surface area contributed by atoms with Crippen molar-refractivity contribution in [3.63, 3.8) is 0 Å². The standard InChI is InChI=1S/C12H14N4O2S/c1-7-8(2)19-12(14-7)15-10(17)9-6-13-16-4-3-5-18-11(9)16/h6H,3-5H2,1-2H3,(H,14,15,17). The van der Waals surface area contributed by atoms with Crippen LogP contribution in [0.1, 0.15) is 27.3 Å². The maximum Gasteiger partial charge on any atom is 0.264 e. The zero-order valence-electron chi connectivity index (χ0n) is 10.8. The second-order valence-electron chi connectivity index (χ2n) is 4.40. The van der Waals surface area contributed by atoms with Crippen molar-refractivity contribution in [3.05, 3.63) is 22.3 Å². The molecule has 0 spiro atoms. The van der Waals surface area contributed by atoms with Gasteiger partial charge in [-0.15, -0.1) is 11.3 Å². The lowest BCUT2D eigenvalue weighted by Crippen LogP contribution is -2.18. The highest BCUT2D eigenvalue weighted by Gasteiger charge is 2.22. The molecular weight excluding hydrogens is 264 g/mol. The first-order chi connectivity index (χ1) is 9.15. The van der Waals surface area contributed by atoms with E-state index in [2.05, 4.69) is 15.4 Å². The molecule has 0 radical (unpaired) electrons. The zero-order valence-corrected chi connectivity index (χ0v) is 11.6. The number of nitrogens with one attached hydrogen (secondary N) is 1. The first kappa shape index (κ1) is 12.2. The first-order valence-corrected chi connectivity index (χ1v) is 6.91. The fraction of sp³-hybridized carbons (Fsp3) is 0.417. The van der Waals surface area contributed by atoms with Gasteiger partial charge < -0.3 is 4.74 Å². The van der Waals surface area contributed by atoms with Gasteiger partial charge in [0.15, 0.2) is 5.13 Å². The Morgan fingerprint density at radius 2 is 2.37 bits per heavy atom. The largest absolute Gasteiger partial charge is 0.477 e. The molecule has 0 fully saturated rings. The van der Waals surface area contributed by atoms with Crippen molar-refractivity contribution in [2.45, 2.75) is 26.8 Å². The van der Waals surface area contributed by atoms with Crippen molar-refractivity contribution in [2.24, 2.45) is 0 Å². The van der Waals surface area contributed by atoms with Gasteiger partial charge in [0, 0.05) is 17.8 Å². The first-order valence-electron chi connectivity index (χ1n) is 6.09. The van der Waals surface area contributed by atoms with Gasteiger partial charge in [-0.2, -0.15) is 5.10 Å². The predicted molar refractivity (Wildman–Crippen MR) is 71.9 cm³/mol. The van der Waals surface area contributed by atoms with Crippen molar-refractivity contribution in [1.82, 2.24) is 14.8 Å². The van der Waals surface area contributed by atoms with Gasteiger partial charge in [0.05, 0.1) is 18.5 Å². The maximum absolute atomic E-state index is 12.2. The van der Waals surface area contributed by atoms with Gasteiger partial charge in [-0.05, 0) is 13.8 Å². The molecule has 19 heavy (non-hydrogen) atoms. The van der Waals surface area contributed by atoms with Gasteiger partial charge >= 0.3 is 0 Å². The summed E-state index contributed by atoms with van der Waals surface area (Å²) in [7, 11) is 0. The predicted octanol–water partition coefficient (Wildman–Crippen LogP) is 1.99. The molecule has 0 saturated carbocycles. The molecule has 1 aliphatic rings. The second kappa shape index (κ2) is 4.65. The zero-order chi connectivity index (χ0) is 13.4. The summed E-state index contributed by atoms with van der Waals surface area (Å²) in [6, 6.07) is 0. The highest BCUT2D eigenvalue weighted by atomic mass is 32.1. The third-order valence-corrected chi connectivity index (χ3v) is 4.03. The summed E-state index contributed by atoms with van der Waals surface area (Å²) in [5, 5.41) is 7.55. The van der Waals surface area contributed by atoms with E-state index < -0.39 is 0 Å². The summed E-state index contributed by atoms with van der Waals surface area (Å²) in [6.45, 7) is 5.32. The molecule has 3 heterocycles. The van der Waals surface area contributed by atoms with E-state index in [1.54, 1.807) is 10.9 Å². The summed E-state index contributed by atoms with van der Waals surface area (Å²) in [5.74, 6) is 0.325. The minimum Gasteiger partial charge on any atom is -0.477 e. The topological polar surface area (TPSA) is 69.0 Å². The fourth-order valence-electron chi connectivity index (χ4n) is 1.92. The molecule has 7 heteroatoms. The van der Waals surface area contributed by atoms with Crippen LogP contribution >= 0.6 is 11.3 Å². The monoisotopic (exact) mass is 278 g/mol. The number of carbonyl (C=O) groups is 1. The van der Waals surface area contributed by atoms with Crippen LogP contribution in [0.4, 0.5) is 5.13 Å². The van der Waals surface area contributed by atoms with E-state index in [1.807, 2.05) is 13.8 Å². The Labute approximate surface area is 114 Å². The Morgan fingerprint density at radius 1 is 1.53 bits per heavy atom. The van der Waals surface area contributed by atoms with E-state index in [4.69, 9.17) is 4.74 Å². The summed E-state index contributed by atoms with van der Waals surface area (Å²) >= 11 is 1.47. The molecule has 2 aromatic heterocycles. The number of anilines is 1. The van der Waals surface area contributed by atoms with Crippen LogP contribution in [0, 0.1) is 13.8 Å². The van der Waals surface area contributed by atoms with Gasteiger partial charge in [-0.3, -0.25) is 10.1 Å². The summed E-state index contributed by atoms with van der Waals surface area (Å²) in [4.78, 5) is 17.6. The van der Waals surface area contributed by atoms with E-state index in [1.165, 1.54) is 11.3 Å². The molecule has 2 aromatic rings. The third kappa shape index (κ3) is 2.21. The van der Waals surface area contributed by atoms with Crippen LogP contribution in [-0.2, 0) is 6.54 Å². The fourth-order valence-corrected chi connectivity index (χ4v) is 2.72. The van der Waals surface area contributed by atoms with Gasteiger partial charge in [0.25, 0.3) is 5.91 Å². The Balaban J connectivity index is 1.82. The highest BCUT2D eigenvalue weighted by molar-refractivity contribution is 7.15. The molecule has 0 unspecified atom stereocenters. The molecule has 0 aromatic carbocycles. The number of hydrogen-bond acceptors (Lipinski definition) is 5. The van der Waals surface area contributed by atoms with Crippen LogP contribution < -0.4 is 10.1 Å². The van der Waals surface area contributed by atoms with Crippen LogP contribution in [-0.4, -0.2) is 27.3 Å². The van der Waals surface area contributed by atoms with E-state index in [9.17, 15) is 4.79 Å². The lowest BCUT2D eigenvalue weighted by atomic mass is 10.3. The minimum atomic E-state index is -0.225. The number of amides is 1. The Kier molecular flexibility index (Phi) is 2.98.